The van der Waals surface area contributed by atoms with Gasteiger partial charge in [-0.15, -0.1) is 0 Å². The average molecular weight is 473 g/mol. The number of rotatable bonds is 6. The van der Waals surface area contributed by atoms with Crippen molar-refractivity contribution in [2.45, 2.75) is 18.7 Å². The highest BCUT2D eigenvalue weighted by atomic mass is 32.2. The van der Waals surface area contributed by atoms with Gasteiger partial charge >= 0.3 is 0 Å². The molecule has 0 amide bonds. The van der Waals surface area contributed by atoms with E-state index in [1.165, 1.54) is 23.7 Å². The van der Waals surface area contributed by atoms with Crippen LogP contribution >= 0.6 is 0 Å². The lowest BCUT2D eigenvalue weighted by atomic mass is 10.1. The third-order valence-corrected chi connectivity index (χ3v) is 7.76. The van der Waals surface area contributed by atoms with E-state index in [0.717, 1.165) is 5.56 Å². The largest absolute Gasteiger partial charge is 0.507 e. The summed E-state index contributed by atoms with van der Waals surface area (Å²) in [6.07, 6.45) is 1.52. The Hall–Kier alpha value is -2.95. The van der Waals surface area contributed by atoms with Crippen LogP contribution in [0.2, 0.25) is 0 Å². The number of likely N-dealkylation sites (N-methyl/N-ethyl adjacent to an activating group) is 1. The standard InChI is InChI=1S/C23H28N4O5S/c1-5-32-20-7-6-16(33(29,30)27-10-8-26(3)9-11-27)12-17(20)23-24-14-18-19(28)13-21(31-4)15(2)22(18)25-23/h6-7,12-14,28H,5,8-11H2,1-4H3. The minimum absolute atomic E-state index is 0.00965. The fraction of sp³-hybridized carbons (Fsp3) is 0.391. The lowest BCUT2D eigenvalue weighted by Gasteiger charge is -2.31. The van der Waals surface area contributed by atoms with Gasteiger partial charge in [-0.1, -0.05) is 0 Å². The molecule has 1 N–H and O–H groups in total. The molecule has 0 atom stereocenters. The van der Waals surface area contributed by atoms with Crippen molar-refractivity contribution in [3.8, 4) is 28.6 Å². The zero-order valence-corrected chi connectivity index (χ0v) is 20.0. The molecule has 4 rings (SSSR count). The number of nitrogens with zero attached hydrogens (tertiary/aromatic N) is 4. The van der Waals surface area contributed by atoms with Crippen LogP contribution in [-0.2, 0) is 10.0 Å². The molecule has 2 aromatic carbocycles. The first-order valence-electron chi connectivity index (χ1n) is 10.8. The van der Waals surface area contributed by atoms with Gasteiger partial charge in [0.25, 0.3) is 0 Å². The second kappa shape index (κ2) is 9.12. The summed E-state index contributed by atoms with van der Waals surface area (Å²) in [4.78, 5) is 11.3. The number of fused-ring (bicyclic) bond motifs is 1. The van der Waals surface area contributed by atoms with E-state index in [9.17, 15) is 13.5 Å². The zero-order valence-electron chi connectivity index (χ0n) is 19.2. The molecule has 1 aromatic heterocycles. The highest BCUT2D eigenvalue weighted by molar-refractivity contribution is 7.89. The lowest BCUT2D eigenvalue weighted by Crippen LogP contribution is -2.47. The third-order valence-electron chi connectivity index (χ3n) is 5.87. The second-order valence-corrected chi connectivity index (χ2v) is 9.92. The van der Waals surface area contributed by atoms with Gasteiger partial charge in [0.05, 0.1) is 35.1 Å². The minimum Gasteiger partial charge on any atom is -0.507 e. The molecule has 1 saturated heterocycles. The molecule has 0 bridgehead atoms. The van der Waals surface area contributed by atoms with Gasteiger partial charge in [0, 0.05) is 44.0 Å². The Bertz CT molecular complexity index is 1290. The Morgan fingerprint density at radius 1 is 1.12 bits per heavy atom. The molecule has 176 valence electrons. The highest BCUT2D eigenvalue weighted by Crippen LogP contribution is 2.36. The van der Waals surface area contributed by atoms with Gasteiger partial charge in [0.15, 0.2) is 5.82 Å². The maximum absolute atomic E-state index is 13.3. The topological polar surface area (TPSA) is 105 Å². The molecule has 10 heteroatoms. The van der Waals surface area contributed by atoms with Crippen LogP contribution in [0.25, 0.3) is 22.3 Å². The molecule has 0 radical (unpaired) electrons. The molecular weight excluding hydrogens is 444 g/mol. The molecule has 33 heavy (non-hydrogen) atoms. The molecule has 1 fully saturated rings. The highest BCUT2D eigenvalue weighted by Gasteiger charge is 2.28. The minimum atomic E-state index is -3.68. The summed E-state index contributed by atoms with van der Waals surface area (Å²) in [7, 11) is -0.180. The van der Waals surface area contributed by atoms with Crippen molar-refractivity contribution in [1.29, 1.82) is 0 Å². The number of hydrogen-bond donors (Lipinski definition) is 1. The molecule has 0 aliphatic carbocycles. The Morgan fingerprint density at radius 2 is 1.85 bits per heavy atom. The number of benzene rings is 2. The number of phenols is 1. The summed E-state index contributed by atoms with van der Waals surface area (Å²) in [5.41, 5.74) is 1.73. The molecule has 0 spiro atoms. The third kappa shape index (κ3) is 4.33. The van der Waals surface area contributed by atoms with Crippen molar-refractivity contribution in [3.05, 3.63) is 36.0 Å². The number of aryl methyl sites for hydroxylation is 1. The summed E-state index contributed by atoms with van der Waals surface area (Å²) in [5, 5.41) is 10.8. The predicted molar refractivity (Wildman–Crippen MR) is 125 cm³/mol. The van der Waals surface area contributed by atoms with Gasteiger partial charge in [0.1, 0.15) is 17.2 Å². The molecule has 1 aliphatic rings. The van der Waals surface area contributed by atoms with Crippen LogP contribution in [0, 0.1) is 6.92 Å². The summed E-state index contributed by atoms with van der Waals surface area (Å²) < 4.78 is 39.2. The normalized spacial score (nSPS) is 15.6. The van der Waals surface area contributed by atoms with Gasteiger partial charge < -0.3 is 19.5 Å². The second-order valence-electron chi connectivity index (χ2n) is 7.98. The van der Waals surface area contributed by atoms with E-state index in [1.807, 2.05) is 20.9 Å². The number of aromatic hydroxyl groups is 1. The van der Waals surface area contributed by atoms with Crippen LogP contribution in [0.5, 0.6) is 17.2 Å². The van der Waals surface area contributed by atoms with E-state index >= 15 is 0 Å². The smallest absolute Gasteiger partial charge is 0.243 e. The lowest BCUT2D eigenvalue weighted by molar-refractivity contribution is 0.222. The fourth-order valence-electron chi connectivity index (χ4n) is 3.93. The SMILES string of the molecule is CCOc1ccc(S(=O)(=O)N2CCN(C)CC2)cc1-c1ncc2c(O)cc(OC)c(C)c2n1. The maximum Gasteiger partial charge on any atom is 0.243 e. The monoisotopic (exact) mass is 472 g/mol. The summed E-state index contributed by atoms with van der Waals surface area (Å²) in [6.45, 7) is 6.34. The Kier molecular flexibility index (Phi) is 6.42. The number of sulfonamides is 1. The van der Waals surface area contributed by atoms with Gasteiger partial charge in [-0.25, -0.2) is 18.4 Å². The average Bonchev–Trinajstić information content (AvgIpc) is 2.81. The molecule has 0 unspecified atom stereocenters. The number of ether oxygens (including phenoxy) is 2. The van der Waals surface area contributed by atoms with Crippen molar-refractivity contribution in [2.24, 2.45) is 0 Å². The van der Waals surface area contributed by atoms with Crippen molar-refractivity contribution in [2.75, 3.05) is 46.9 Å². The first-order chi connectivity index (χ1) is 15.8. The number of hydrogen-bond acceptors (Lipinski definition) is 8. The molecule has 2 heterocycles. The van der Waals surface area contributed by atoms with Gasteiger partial charge in [-0.2, -0.15) is 4.31 Å². The molecule has 1 aliphatic heterocycles. The van der Waals surface area contributed by atoms with Crippen LogP contribution in [0.4, 0.5) is 0 Å². The zero-order chi connectivity index (χ0) is 23.8. The maximum atomic E-state index is 13.3. The molecule has 0 saturated carbocycles. The van der Waals surface area contributed by atoms with Crippen LogP contribution in [-0.4, -0.2) is 79.6 Å². The number of aromatic nitrogens is 2. The van der Waals surface area contributed by atoms with Crippen LogP contribution in [0.3, 0.4) is 0 Å². The van der Waals surface area contributed by atoms with E-state index in [1.54, 1.807) is 18.2 Å². The summed E-state index contributed by atoms with van der Waals surface area (Å²) >= 11 is 0. The summed E-state index contributed by atoms with van der Waals surface area (Å²) in [6, 6.07) is 6.29. The predicted octanol–water partition coefficient (Wildman–Crippen LogP) is 2.65. The van der Waals surface area contributed by atoms with Crippen LogP contribution in [0.15, 0.2) is 35.4 Å². The van der Waals surface area contributed by atoms with Crippen LogP contribution in [0.1, 0.15) is 12.5 Å². The number of phenolic OH excluding ortho intramolecular Hbond substituents is 1. The van der Waals surface area contributed by atoms with E-state index < -0.39 is 10.0 Å². The van der Waals surface area contributed by atoms with E-state index in [4.69, 9.17) is 9.47 Å². The molecule has 9 nitrogen and oxygen atoms in total. The summed E-state index contributed by atoms with van der Waals surface area (Å²) in [5.74, 6) is 1.30. The Morgan fingerprint density at radius 3 is 2.52 bits per heavy atom. The van der Waals surface area contributed by atoms with Crippen LogP contribution < -0.4 is 9.47 Å². The Labute approximate surface area is 193 Å². The first-order valence-corrected chi connectivity index (χ1v) is 12.2. The van der Waals surface area contributed by atoms with Crippen molar-refractivity contribution in [3.63, 3.8) is 0 Å². The molecular formula is C23H28N4O5S. The van der Waals surface area contributed by atoms with Crippen molar-refractivity contribution < 1.29 is 23.0 Å². The van der Waals surface area contributed by atoms with Crippen molar-refractivity contribution in [1.82, 2.24) is 19.2 Å². The Balaban J connectivity index is 1.84. The van der Waals surface area contributed by atoms with Crippen molar-refractivity contribution >= 4 is 20.9 Å². The number of piperazine rings is 1. The number of methoxy groups -OCH3 is 1. The van der Waals surface area contributed by atoms with Gasteiger partial charge in [-0.05, 0) is 39.1 Å². The quantitative estimate of drug-likeness (QED) is 0.584. The van der Waals surface area contributed by atoms with E-state index in [2.05, 4.69) is 14.9 Å². The molecule has 3 aromatic rings. The fourth-order valence-corrected chi connectivity index (χ4v) is 5.38. The van der Waals surface area contributed by atoms with Gasteiger partial charge in [-0.3, -0.25) is 0 Å². The first kappa shape index (κ1) is 23.2. The van der Waals surface area contributed by atoms with E-state index in [-0.39, 0.29) is 10.6 Å². The van der Waals surface area contributed by atoms with E-state index in [0.29, 0.717) is 66.6 Å². The van der Waals surface area contributed by atoms with Gasteiger partial charge in [0.2, 0.25) is 10.0 Å².